The summed E-state index contributed by atoms with van der Waals surface area (Å²) in [6.45, 7) is 9.99. The molecule has 1 unspecified atom stereocenters. The van der Waals surface area contributed by atoms with E-state index in [-0.39, 0.29) is 18.2 Å². The number of hydrogen-bond donors (Lipinski definition) is 0. The molecule has 1 fully saturated rings. The van der Waals surface area contributed by atoms with Crippen LogP contribution < -0.4 is 4.74 Å². The number of ether oxygens (including phenoxy) is 2. The first-order valence-electron chi connectivity index (χ1n) is 8.18. The van der Waals surface area contributed by atoms with Gasteiger partial charge < -0.3 is 18.8 Å². The molecule has 0 radical (unpaired) electrons. The molecule has 0 bridgehead atoms. The van der Waals surface area contributed by atoms with Crippen molar-refractivity contribution >= 4 is 13.1 Å². The van der Waals surface area contributed by atoms with Gasteiger partial charge in [0.25, 0.3) is 0 Å². The number of hydrogen-bond acceptors (Lipinski definition) is 5. The van der Waals surface area contributed by atoms with Crippen LogP contribution in [0.4, 0.5) is 0 Å². The molecular formula is C18H27BO5. The molecule has 0 aliphatic carbocycles. The van der Waals surface area contributed by atoms with Crippen molar-refractivity contribution in [2.45, 2.75) is 58.1 Å². The topological polar surface area (TPSA) is 54.0 Å². The maximum atomic E-state index is 12.0. The Bertz CT molecular complexity index is 595. The van der Waals surface area contributed by atoms with Crippen LogP contribution in [0.15, 0.2) is 18.2 Å². The molecule has 5 nitrogen and oxygen atoms in total. The van der Waals surface area contributed by atoms with Gasteiger partial charge in [0.05, 0.1) is 31.8 Å². The number of carbonyl (C=O) groups is 1. The van der Waals surface area contributed by atoms with E-state index in [1.54, 1.807) is 7.11 Å². The highest BCUT2D eigenvalue weighted by atomic mass is 16.7. The second-order valence-electron chi connectivity index (χ2n) is 7.26. The first-order chi connectivity index (χ1) is 11.1. The van der Waals surface area contributed by atoms with E-state index in [0.29, 0.717) is 5.75 Å². The van der Waals surface area contributed by atoms with Crippen molar-refractivity contribution in [2.24, 2.45) is 0 Å². The van der Waals surface area contributed by atoms with Gasteiger partial charge in [-0.3, -0.25) is 4.79 Å². The molecule has 1 aliphatic heterocycles. The largest absolute Gasteiger partial charge is 0.496 e. The Kier molecular flexibility index (Phi) is 5.30. The second-order valence-corrected chi connectivity index (χ2v) is 7.26. The van der Waals surface area contributed by atoms with Crippen molar-refractivity contribution in [3.63, 3.8) is 0 Å². The Labute approximate surface area is 144 Å². The van der Waals surface area contributed by atoms with Crippen LogP contribution in [-0.4, -0.2) is 38.5 Å². The molecule has 6 heteroatoms. The average Bonchev–Trinajstić information content (AvgIpc) is 2.72. The highest BCUT2D eigenvalue weighted by molar-refractivity contribution is 6.48. The molecule has 24 heavy (non-hydrogen) atoms. The van der Waals surface area contributed by atoms with E-state index in [2.05, 4.69) is 0 Å². The summed E-state index contributed by atoms with van der Waals surface area (Å²) in [6, 6.07) is 5.89. The monoisotopic (exact) mass is 334 g/mol. The molecule has 0 spiro atoms. The minimum Gasteiger partial charge on any atom is -0.496 e. The minimum atomic E-state index is -0.551. The van der Waals surface area contributed by atoms with Crippen LogP contribution in [0.2, 0.25) is 0 Å². The van der Waals surface area contributed by atoms with Crippen molar-refractivity contribution in [3.8, 4) is 5.75 Å². The lowest BCUT2D eigenvalue weighted by atomic mass is 9.65. The fraction of sp³-hybridized carbons (Fsp3) is 0.611. The van der Waals surface area contributed by atoms with Crippen molar-refractivity contribution in [2.75, 3.05) is 14.2 Å². The zero-order valence-corrected chi connectivity index (χ0v) is 15.6. The molecule has 0 N–H and O–H groups in total. The van der Waals surface area contributed by atoms with Crippen LogP contribution in [0, 0.1) is 6.92 Å². The van der Waals surface area contributed by atoms with Gasteiger partial charge in [-0.05, 0) is 46.2 Å². The number of esters is 1. The Morgan fingerprint density at radius 2 is 1.75 bits per heavy atom. The Hall–Kier alpha value is -1.53. The molecule has 1 aliphatic rings. The first kappa shape index (κ1) is 18.8. The standard InChI is InChI=1S/C18H27BO5/c1-12-8-9-15(21-6)13(10-12)14(11-16(20)22-7)19-23-17(2,3)18(4,5)24-19/h8-10,14H,11H2,1-7H3. The fourth-order valence-electron chi connectivity index (χ4n) is 2.81. The van der Waals surface area contributed by atoms with Crippen molar-refractivity contribution in [3.05, 3.63) is 29.3 Å². The van der Waals surface area contributed by atoms with E-state index in [4.69, 9.17) is 18.8 Å². The number of aryl methyl sites for hydroxylation is 1. The summed E-state index contributed by atoms with van der Waals surface area (Å²) >= 11 is 0. The third-order valence-corrected chi connectivity index (χ3v) is 5.00. The van der Waals surface area contributed by atoms with Crippen LogP contribution in [0.5, 0.6) is 5.75 Å². The third-order valence-electron chi connectivity index (χ3n) is 5.00. The van der Waals surface area contributed by atoms with Gasteiger partial charge in [0.1, 0.15) is 5.75 Å². The molecule has 1 atom stereocenters. The van der Waals surface area contributed by atoms with E-state index in [9.17, 15) is 4.79 Å². The maximum Gasteiger partial charge on any atom is 0.466 e. The Morgan fingerprint density at radius 3 is 2.25 bits per heavy atom. The van der Waals surface area contributed by atoms with Crippen LogP contribution >= 0.6 is 0 Å². The summed E-state index contributed by atoms with van der Waals surface area (Å²) in [5, 5.41) is 0. The van der Waals surface area contributed by atoms with Crippen LogP contribution in [-0.2, 0) is 18.8 Å². The van der Waals surface area contributed by atoms with E-state index >= 15 is 0 Å². The number of benzene rings is 1. The van der Waals surface area contributed by atoms with E-state index < -0.39 is 18.3 Å². The van der Waals surface area contributed by atoms with Crippen LogP contribution in [0.1, 0.15) is 51.1 Å². The lowest BCUT2D eigenvalue weighted by Gasteiger charge is -2.32. The smallest absolute Gasteiger partial charge is 0.466 e. The zero-order chi connectivity index (χ0) is 18.1. The second kappa shape index (κ2) is 6.77. The van der Waals surface area contributed by atoms with Gasteiger partial charge in [-0.25, -0.2) is 0 Å². The van der Waals surface area contributed by atoms with Crippen molar-refractivity contribution in [1.29, 1.82) is 0 Å². The summed E-state index contributed by atoms with van der Waals surface area (Å²) in [5.41, 5.74) is 1.03. The van der Waals surface area contributed by atoms with Gasteiger partial charge in [0, 0.05) is 5.82 Å². The average molecular weight is 334 g/mol. The predicted molar refractivity (Wildman–Crippen MR) is 93.2 cm³/mol. The van der Waals surface area contributed by atoms with Gasteiger partial charge in [-0.1, -0.05) is 17.7 Å². The van der Waals surface area contributed by atoms with Gasteiger partial charge in [0.15, 0.2) is 0 Å². The minimum absolute atomic E-state index is 0.160. The van der Waals surface area contributed by atoms with Gasteiger partial charge >= 0.3 is 13.1 Å². The van der Waals surface area contributed by atoms with Gasteiger partial charge in [0.2, 0.25) is 0 Å². The Balaban J connectivity index is 2.44. The molecular weight excluding hydrogens is 307 g/mol. The highest BCUT2D eigenvalue weighted by Gasteiger charge is 2.54. The lowest BCUT2D eigenvalue weighted by molar-refractivity contribution is -0.140. The quantitative estimate of drug-likeness (QED) is 0.611. The first-order valence-corrected chi connectivity index (χ1v) is 8.18. The molecule has 2 rings (SSSR count). The van der Waals surface area contributed by atoms with E-state index in [1.807, 2.05) is 52.8 Å². The van der Waals surface area contributed by atoms with Crippen molar-refractivity contribution in [1.82, 2.24) is 0 Å². The van der Waals surface area contributed by atoms with Crippen LogP contribution in [0.25, 0.3) is 0 Å². The summed E-state index contributed by atoms with van der Waals surface area (Å²) in [5.74, 6) is 0.0934. The summed E-state index contributed by atoms with van der Waals surface area (Å²) < 4.78 is 22.7. The molecule has 1 aromatic carbocycles. The normalized spacial score (nSPS) is 19.9. The van der Waals surface area contributed by atoms with Crippen LogP contribution in [0.3, 0.4) is 0 Å². The molecule has 0 saturated carbocycles. The molecule has 0 aromatic heterocycles. The number of carbonyl (C=O) groups excluding carboxylic acids is 1. The lowest BCUT2D eigenvalue weighted by Crippen LogP contribution is -2.41. The number of rotatable bonds is 5. The van der Waals surface area contributed by atoms with E-state index in [1.165, 1.54) is 7.11 Å². The highest BCUT2D eigenvalue weighted by Crippen LogP contribution is 2.43. The molecule has 132 valence electrons. The fourth-order valence-corrected chi connectivity index (χ4v) is 2.81. The zero-order valence-electron chi connectivity index (χ0n) is 15.6. The summed E-state index contributed by atoms with van der Waals surface area (Å²) in [6.07, 6.45) is 0.160. The van der Waals surface area contributed by atoms with Crippen molar-refractivity contribution < 1.29 is 23.6 Å². The van der Waals surface area contributed by atoms with E-state index in [0.717, 1.165) is 11.1 Å². The molecule has 0 amide bonds. The molecule has 1 aromatic rings. The summed E-state index contributed by atoms with van der Waals surface area (Å²) in [4.78, 5) is 12.0. The molecule has 1 saturated heterocycles. The summed E-state index contributed by atoms with van der Waals surface area (Å²) in [7, 11) is 2.45. The van der Waals surface area contributed by atoms with Gasteiger partial charge in [-0.2, -0.15) is 0 Å². The SMILES string of the molecule is COC(=O)CC(B1OC(C)(C)C(C)(C)O1)c1cc(C)ccc1OC. The van der Waals surface area contributed by atoms with Gasteiger partial charge in [-0.15, -0.1) is 0 Å². The maximum absolute atomic E-state index is 12.0. The number of methoxy groups -OCH3 is 2. The molecule has 1 heterocycles. The Morgan fingerprint density at radius 1 is 1.17 bits per heavy atom. The third kappa shape index (κ3) is 3.60. The predicted octanol–water partition coefficient (Wildman–Crippen LogP) is 3.28.